The van der Waals surface area contributed by atoms with E-state index in [-0.39, 0.29) is 5.92 Å². The van der Waals surface area contributed by atoms with Crippen molar-refractivity contribution >= 4 is 0 Å². The number of aliphatic hydroxyl groups is 1. The van der Waals surface area contributed by atoms with Crippen molar-refractivity contribution in [1.82, 2.24) is 5.32 Å². The van der Waals surface area contributed by atoms with Crippen molar-refractivity contribution in [3.05, 3.63) is 30.3 Å². The van der Waals surface area contributed by atoms with Gasteiger partial charge in [0.05, 0.1) is 5.60 Å². The number of ether oxygens (including phenoxy) is 1. The molecule has 0 amide bonds. The predicted molar refractivity (Wildman–Crippen MR) is 70.3 cm³/mol. The van der Waals surface area contributed by atoms with Gasteiger partial charge in [0.25, 0.3) is 0 Å². The summed E-state index contributed by atoms with van der Waals surface area (Å²) in [4.78, 5) is 0. The standard InChI is InChI=1S/C14H23NO2/c1-12(2)14(3,16)11-15-9-10-17-13-7-5-4-6-8-13/h4-8,12,15-16H,9-11H2,1-3H3. The van der Waals surface area contributed by atoms with Crippen molar-refractivity contribution in [2.75, 3.05) is 19.7 Å². The lowest BCUT2D eigenvalue weighted by Gasteiger charge is -2.27. The first-order valence-corrected chi connectivity index (χ1v) is 6.13. The van der Waals surface area contributed by atoms with Gasteiger partial charge < -0.3 is 15.2 Å². The monoisotopic (exact) mass is 237 g/mol. The Kier molecular flexibility index (Phi) is 5.45. The van der Waals surface area contributed by atoms with Gasteiger partial charge in [0.1, 0.15) is 12.4 Å². The number of nitrogens with one attached hydrogen (secondary N) is 1. The van der Waals surface area contributed by atoms with Crippen molar-refractivity contribution in [3.8, 4) is 5.75 Å². The van der Waals surface area contributed by atoms with Crippen LogP contribution in [0.25, 0.3) is 0 Å². The second-order valence-corrected chi connectivity index (χ2v) is 4.85. The molecule has 0 radical (unpaired) electrons. The fourth-order valence-electron chi connectivity index (χ4n) is 1.30. The van der Waals surface area contributed by atoms with E-state index < -0.39 is 5.60 Å². The lowest BCUT2D eigenvalue weighted by Crippen LogP contribution is -2.43. The second kappa shape index (κ2) is 6.62. The molecule has 0 bridgehead atoms. The van der Waals surface area contributed by atoms with Gasteiger partial charge in [-0.2, -0.15) is 0 Å². The van der Waals surface area contributed by atoms with E-state index in [4.69, 9.17) is 4.74 Å². The Bertz CT molecular complexity index is 309. The van der Waals surface area contributed by atoms with Crippen LogP contribution in [0.3, 0.4) is 0 Å². The Hall–Kier alpha value is -1.06. The molecule has 2 N–H and O–H groups in total. The van der Waals surface area contributed by atoms with E-state index in [1.807, 2.05) is 51.1 Å². The molecule has 0 spiro atoms. The highest BCUT2D eigenvalue weighted by atomic mass is 16.5. The van der Waals surface area contributed by atoms with Gasteiger partial charge in [-0.3, -0.25) is 0 Å². The largest absolute Gasteiger partial charge is 0.492 e. The first kappa shape index (κ1) is 14.0. The third-order valence-corrected chi connectivity index (χ3v) is 3.02. The summed E-state index contributed by atoms with van der Waals surface area (Å²) in [6, 6.07) is 9.73. The van der Waals surface area contributed by atoms with E-state index in [0.717, 1.165) is 12.3 Å². The molecule has 1 rings (SSSR count). The van der Waals surface area contributed by atoms with Gasteiger partial charge in [-0.25, -0.2) is 0 Å². The van der Waals surface area contributed by atoms with Crippen LogP contribution in [0.4, 0.5) is 0 Å². The highest BCUT2D eigenvalue weighted by Crippen LogP contribution is 2.14. The minimum absolute atomic E-state index is 0.241. The van der Waals surface area contributed by atoms with Crippen LogP contribution in [0.15, 0.2) is 30.3 Å². The van der Waals surface area contributed by atoms with Gasteiger partial charge in [0, 0.05) is 13.1 Å². The van der Waals surface area contributed by atoms with Crippen LogP contribution >= 0.6 is 0 Å². The molecule has 0 saturated carbocycles. The Labute approximate surface area is 104 Å². The molecule has 3 nitrogen and oxygen atoms in total. The van der Waals surface area contributed by atoms with Crippen molar-refractivity contribution < 1.29 is 9.84 Å². The Morgan fingerprint density at radius 3 is 2.53 bits per heavy atom. The summed E-state index contributed by atoms with van der Waals surface area (Å²) in [7, 11) is 0. The highest BCUT2D eigenvalue weighted by Gasteiger charge is 2.23. The zero-order valence-corrected chi connectivity index (χ0v) is 10.9. The maximum absolute atomic E-state index is 10.0. The average Bonchev–Trinajstić information content (AvgIpc) is 2.29. The van der Waals surface area contributed by atoms with Crippen molar-refractivity contribution in [1.29, 1.82) is 0 Å². The summed E-state index contributed by atoms with van der Waals surface area (Å²) in [6.45, 7) is 7.81. The Morgan fingerprint density at radius 1 is 1.29 bits per heavy atom. The molecule has 0 aliphatic heterocycles. The van der Waals surface area contributed by atoms with Crippen LogP contribution < -0.4 is 10.1 Å². The van der Waals surface area contributed by atoms with Gasteiger partial charge in [0.15, 0.2) is 0 Å². The van der Waals surface area contributed by atoms with Crippen molar-refractivity contribution in [2.45, 2.75) is 26.4 Å². The van der Waals surface area contributed by atoms with E-state index >= 15 is 0 Å². The first-order valence-electron chi connectivity index (χ1n) is 6.13. The average molecular weight is 237 g/mol. The van der Waals surface area contributed by atoms with Gasteiger partial charge in [-0.1, -0.05) is 32.0 Å². The first-order chi connectivity index (χ1) is 8.02. The quantitative estimate of drug-likeness (QED) is 0.713. The number of rotatable bonds is 7. The molecule has 0 heterocycles. The topological polar surface area (TPSA) is 41.5 Å². The molecule has 0 aromatic heterocycles. The van der Waals surface area contributed by atoms with Crippen LogP contribution in [-0.2, 0) is 0 Å². The lowest BCUT2D eigenvalue weighted by molar-refractivity contribution is 0.0138. The van der Waals surface area contributed by atoms with Crippen molar-refractivity contribution in [2.24, 2.45) is 5.92 Å². The van der Waals surface area contributed by atoms with Crippen LogP contribution in [0.1, 0.15) is 20.8 Å². The van der Waals surface area contributed by atoms with Crippen LogP contribution in [0.2, 0.25) is 0 Å². The molecule has 0 fully saturated rings. The summed E-state index contributed by atoms with van der Waals surface area (Å²) < 4.78 is 5.54. The maximum Gasteiger partial charge on any atom is 0.119 e. The maximum atomic E-state index is 10.0. The molecule has 3 heteroatoms. The zero-order valence-electron chi connectivity index (χ0n) is 10.9. The molecule has 0 aliphatic rings. The van der Waals surface area contributed by atoms with E-state index in [1.54, 1.807) is 0 Å². The van der Waals surface area contributed by atoms with E-state index in [0.29, 0.717) is 13.2 Å². The fourth-order valence-corrected chi connectivity index (χ4v) is 1.30. The van der Waals surface area contributed by atoms with Gasteiger partial charge in [0.2, 0.25) is 0 Å². The molecule has 0 aliphatic carbocycles. The molecular weight excluding hydrogens is 214 g/mol. The molecular formula is C14H23NO2. The minimum atomic E-state index is -0.660. The van der Waals surface area contributed by atoms with Crippen molar-refractivity contribution in [3.63, 3.8) is 0 Å². The molecule has 17 heavy (non-hydrogen) atoms. The molecule has 1 aromatic carbocycles. The number of hydrogen-bond donors (Lipinski definition) is 2. The van der Waals surface area contributed by atoms with Crippen LogP contribution in [-0.4, -0.2) is 30.4 Å². The molecule has 1 unspecified atom stereocenters. The molecule has 1 atom stereocenters. The zero-order chi connectivity index (χ0) is 12.7. The van der Waals surface area contributed by atoms with Gasteiger partial charge >= 0.3 is 0 Å². The normalized spacial score (nSPS) is 14.6. The molecule has 96 valence electrons. The van der Waals surface area contributed by atoms with E-state index in [1.165, 1.54) is 0 Å². The summed E-state index contributed by atoms with van der Waals surface area (Å²) >= 11 is 0. The van der Waals surface area contributed by atoms with Crippen LogP contribution in [0, 0.1) is 5.92 Å². The summed E-state index contributed by atoms with van der Waals surface area (Å²) in [6.07, 6.45) is 0. The Balaban J connectivity index is 2.13. The molecule has 0 saturated heterocycles. The fraction of sp³-hybridized carbons (Fsp3) is 0.571. The third kappa shape index (κ3) is 5.20. The van der Waals surface area contributed by atoms with Crippen LogP contribution in [0.5, 0.6) is 5.75 Å². The highest BCUT2D eigenvalue weighted by molar-refractivity contribution is 5.20. The SMILES string of the molecule is CC(C)C(C)(O)CNCCOc1ccccc1. The number of para-hydroxylation sites is 1. The summed E-state index contributed by atoms with van der Waals surface area (Å²) in [5.74, 6) is 1.12. The number of benzene rings is 1. The predicted octanol–water partition coefficient (Wildman–Crippen LogP) is 2.06. The lowest BCUT2D eigenvalue weighted by atomic mass is 9.93. The molecule has 1 aromatic rings. The van der Waals surface area contributed by atoms with Gasteiger partial charge in [-0.05, 0) is 25.0 Å². The van der Waals surface area contributed by atoms with E-state index in [9.17, 15) is 5.11 Å². The summed E-state index contributed by atoms with van der Waals surface area (Å²) in [5.41, 5.74) is -0.660. The number of hydrogen-bond acceptors (Lipinski definition) is 3. The van der Waals surface area contributed by atoms with Gasteiger partial charge in [-0.15, -0.1) is 0 Å². The second-order valence-electron chi connectivity index (χ2n) is 4.85. The Morgan fingerprint density at radius 2 is 1.94 bits per heavy atom. The smallest absolute Gasteiger partial charge is 0.119 e. The third-order valence-electron chi connectivity index (χ3n) is 3.02. The van der Waals surface area contributed by atoms with E-state index in [2.05, 4.69) is 5.32 Å². The summed E-state index contributed by atoms with van der Waals surface area (Å²) in [5, 5.41) is 13.2. The minimum Gasteiger partial charge on any atom is -0.492 e.